The molecule has 0 saturated heterocycles. The van der Waals surface area contributed by atoms with Gasteiger partial charge in [0, 0.05) is 49.3 Å². The van der Waals surface area contributed by atoms with Crippen LogP contribution in [0.4, 0.5) is 5.69 Å². The van der Waals surface area contributed by atoms with Crippen LogP contribution < -0.4 is 5.32 Å². The summed E-state index contributed by atoms with van der Waals surface area (Å²) in [5.41, 5.74) is 5.15. The zero-order chi connectivity index (χ0) is 25.3. The Labute approximate surface area is 211 Å². The van der Waals surface area contributed by atoms with Crippen molar-refractivity contribution in [1.29, 1.82) is 0 Å². The first-order valence-electron chi connectivity index (χ1n) is 12.2. The minimum atomic E-state index is -1.16. The molecule has 2 heterocycles. The fraction of sp³-hybridized carbons (Fsp3) is 0.250. The standard InChI is InChI=1S/C28H31N5O2Si/c1-32-25-12-10-21(16-22(25)18-29-32)28(34)30-23-11-13-26-24(17-23)27(20-8-6-5-7-9-20)31-33(26)19-35-14-15-36(2,3)4/h5-13,16-18H,14-15,19H2,1-4H3,(H,30,34). The molecule has 5 rings (SSSR count). The maximum atomic E-state index is 13.0. The molecule has 0 fully saturated rings. The summed E-state index contributed by atoms with van der Waals surface area (Å²) in [6.07, 6.45) is 1.77. The second kappa shape index (κ2) is 9.71. The van der Waals surface area contributed by atoms with Crippen LogP contribution in [0.3, 0.4) is 0 Å². The fourth-order valence-electron chi connectivity index (χ4n) is 4.20. The predicted octanol–water partition coefficient (Wildman–Crippen LogP) is 6.15. The molecule has 0 aliphatic rings. The second-order valence-electron chi connectivity index (χ2n) is 10.3. The first-order valence-corrected chi connectivity index (χ1v) is 15.9. The summed E-state index contributed by atoms with van der Waals surface area (Å²) in [4.78, 5) is 13.0. The average Bonchev–Trinajstić information content (AvgIpc) is 3.41. The van der Waals surface area contributed by atoms with Gasteiger partial charge >= 0.3 is 0 Å². The maximum Gasteiger partial charge on any atom is 0.255 e. The van der Waals surface area contributed by atoms with E-state index in [0.29, 0.717) is 12.3 Å². The summed E-state index contributed by atoms with van der Waals surface area (Å²) in [5, 5.41) is 14.1. The Morgan fingerprint density at radius 3 is 2.56 bits per heavy atom. The van der Waals surface area contributed by atoms with Crippen molar-refractivity contribution in [3.05, 3.63) is 78.5 Å². The average molecular weight is 498 g/mol. The number of hydrogen-bond acceptors (Lipinski definition) is 4. The van der Waals surface area contributed by atoms with E-state index >= 15 is 0 Å². The van der Waals surface area contributed by atoms with Crippen LogP contribution in [0.15, 0.2) is 72.9 Å². The summed E-state index contributed by atoms with van der Waals surface area (Å²) < 4.78 is 9.70. The van der Waals surface area contributed by atoms with Gasteiger partial charge in [-0.2, -0.15) is 10.2 Å². The topological polar surface area (TPSA) is 74.0 Å². The number of rotatable bonds is 8. The SMILES string of the molecule is Cn1ncc2cc(C(=O)Nc3ccc4c(c3)c(-c3ccccc3)nn4COCC[Si](C)(C)C)ccc21. The molecule has 0 aliphatic heterocycles. The number of aromatic nitrogens is 4. The van der Waals surface area contributed by atoms with Crippen LogP contribution in [0.5, 0.6) is 0 Å². The minimum absolute atomic E-state index is 0.163. The number of nitrogens with zero attached hydrogens (tertiary/aromatic N) is 4. The molecule has 1 N–H and O–H groups in total. The van der Waals surface area contributed by atoms with Crippen LogP contribution in [0.1, 0.15) is 10.4 Å². The molecular weight excluding hydrogens is 466 g/mol. The van der Waals surface area contributed by atoms with E-state index in [4.69, 9.17) is 9.84 Å². The normalized spacial score (nSPS) is 11.9. The Morgan fingerprint density at radius 2 is 1.78 bits per heavy atom. The summed E-state index contributed by atoms with van der Waals surface area (Å²) in [5.74, 6) is -0.163. The first kappa shape index (κ1) is 24.0. The smallest absolute Gasteiger partial charge is 0.255 e. The molecule has 0 atom stereocenters. The van der Waals surface area contributed by atoms with Crippen LogP contribution in [-0.2, 0) is 18.5 Å². The van der Waals surface area contributed by atoms with Crippen LogP contribution >= 0.6 is 0 Å². The third-order valence-corrected chi connectivity index (χ3v) is 7.98. The molecule has 0 radical (unpaired) electrons. The lowest BCUT2D eigenvalue weighted by atomic mass is 10.1. The Balaban J connectivity index is 1.43. The summed E-state index contributed by atoms with van der Waals surface area (Å²) in [7, 11) is 0.727. The monoisotopic (exact) mass is 497 g/mol. The molecule has 0 bridgehead atoms. The van der Waals surface area contributed by atoms with Crippen molar-refractivity contribution in [2.75, 3.05) is 11.9 Å². The van der Waals surface area contributed by atoms with Gasteiger partial charge < -0.3 is 10.1 Å². The van der Waals surface area contributed by atoms with Crippen molar-refractivity contribution >= 4 is 41.5 Å². The molecule has 0 aliphatic carbocycles. The molecule has 2 aromatic heterocycles. The van der Waals surface area contributed by atoms with Crippen molar-refractivity contribution in [2.24, 2.45) is 7.05 Å². The van der Waals surface area contributed by atoms with Gasteiger partial charge in [-0.05, 0) is 42.4 Å². The van der Waals surface area contributed by atoms with Crippen LogP contribution in [-0.4, -0.2) is 40.1 Å². The molecule has 8 heteroatoms. The molecule has 0 spiro atoms. The van der Waals surface area contributed by atoms with Gasteiger partial charge in [-0.25, -0.2) is 4.68 Å². The van der Waals surface area contributed by atoms with Crippen molar-refractivity contribution in [3.8, 4) is 11.3 Å². The number of anilines is 1. The van der Waals surface area contributed by atoms with E-state index in [1.54, 1.807) is 10.9 Å². The van der Waals surface area contributed by atoms with E-state index in [1.165, 1.54) is 0 Å². The molecule has 0 saturated carbocycles. The van der Waals surface area contributed by atoms with E-state index in [-0.39, 0.29) is 5.91 Å². The zero-order valence-corrected chi connectivity index (χ0v) is 22.2. The highest BCUT2D eigenvalue weighted by molar-refractivity contribution is 6.76. The first-order chi connectivity index (χ1) is 17.3. The van der Waals surface area contributed by atoms with E-state index in [1.807, 2.05) is 78.5 Å². The molecule has 0 unspecified atom stereocenters. The number of carbonyl (C=O) groups excluding carboxylic acids is 1. The Hall–Kier alpha value is -3.75. The van der Waals surface area contributed by atoms with Gasteiger partial charge in [-0.15, -0.1) is 0 Å². The van der Waals surface area contributed by atoms with E-state index in [9.17, 15) is 4.79 Å². The summed E-state index contributed by atoms with van der Waals surface area (Å²) >= 11 is 0. The van der Waals surface area contributed by atoms with E-state index in [0.717, 1.165) is 51.4 Å². The number of carbonyl (C=O) groups is 1. The number of amides is 1. The van der Waals surface area contributed by atoms with Gasteiger partial charge in [0.1, 0.15) is 12.4 Å². The number of fused-ring (bicyclic) bond motifs is 2. The van der Waals surface area contributed by atoms with Crippen LogP contribution in [0, 0.1) is 0 Å². The van der Waals surface area contributed by atoms with Crippen LogP contribution in [0.2, 0.25) is 25.7 Å². The summed E-state index contributed by atoms with van der Waals surface area (Å²) in [6.45, 7) is 8.16. The van der Waals surface area contributed by atoms with E-state index in [2.05, 4.69) is 30.1 Å². The molecule has 1 amide bonds. The molecule has 184 valence electrons. The van der Waals surface area contributed by atoms with Crippen molar-refractivity contribution < 1.29 is 9.53 Å². The van der Waals surface area contributed by atoms with Gasteiger partial charge in [0.25, 0.3) is 5.91 Å². The second-order valence-corrected chi connectivity index (χ2v) is 15.9. The van der Waals surface area contributed by atoms with Gasteiger partial charge in [0.05, 0.1) is 17.2 Å². The van der Waals surface area contributed by atoms with Crippen LogP contribution in [0.25, 0.3) is 33.1 Å². The minimum Gasteiger partial charge on any atom is -0.360 e. The summed E-state index contributed by atoms with van der Waals surface area (Å²) in [6, 6.07) is 22.7. The zero-order valence-electron chi connectivity index (χ0n) is 21.2. The van der Waals surface area contributed by atoms with Gasteiger partial charge in [0.15, 0.2) is 0 Å². The molecular formula is C28H31N5O2Si. The highest BCUT2D eigenvalue weighted by Gasteiger charge is 2.16. The number of nitrogens with one attached hydrogen (secondary N) is 1. The number of aryl methyl sites for hydroxylation is 1. The quantitative estimate of drug-likeness (QED) is 0.206. The lowest BCUT2D eigenvalue weighted by Crippen LogP contribution is -2.22. The van der Waals surface area contributed by atoms with Gasteiger partial charge in [0.2, 0.25) is 0 Å². The Bertz CT molecular complexity index is 1530. The largest absolute Gasteiger partial charge is 0.360 e. The maximum absolute atomic E-state index is 13.0. The lowest BCUT2D eigenvalue weighted by molar-refractivity contribution is 0.0818. The van der Waals surface area contributed by atoms with Gasteiger partial charge in [-0.3, -0.25) is 9.48 Å². The molecule has 36 heavy (non-hydrogen) atoms. The van der Waals surface area contributed by atoms with Crippen molar-refractivity contribution in [3.63, 3.8) is 0 Å². The molecule has 5 aromatic rings. The van der Waals surface area contributed by atoms with Crippen molar-refractivity contribution in [1.82, 2.24) is 19.6 Å². The Kier molecular flexibility index (Phi) is 6.47. The van der Waals surface area contributed by atoms with Gasteiger partial charge in [-0.1, -0.05) is 50.0 Å². The molecule has 3 aromatic carbocycles. The fourth-order valence-corrected chi connectivity index (χ4v) is 4.96. The Morgan fingerprint density at radius 1 is 1.00 bits per heavy atom. The molecule has 7 nitrogen and oxygen atoms in total. The lowest BCUT2D eigenvalue weighted by Gasteiger charge is -2.15. The highest BCUT2D eigenvalue weighted by atomic mass is 28.3. The van der Waals surface area contributed by atoms with Crippen molar-refractivity contribution in [2.45, 2.75) is 32.4 Å². The predicted molar refractivity (Wildman–Crippen MR) is 148 cm³/mol. The number of hydrogen-bond donors (Lipinski definition) is 1. The number of ether oxygens (including phenoxy) is 1. The highest BCUT2D eigenvalue weighted by Crippen LogP contribution is 2.30. The van der Waals surface area contributed by atoms with E-state index < -0.39 is 8.07 Å². The third-order valence-electron chi connectivity index (χ3n) is 6.27. The number of benzene rings is 3. The third kappa shape index (κ3) is 5.10.